The summed E-state index contributed by atoms with van der Waals surface area (Å²) in [6.45, 7) is 0. The molecule has 3 heterocycles. The van der Waals surface area contributed by atoms with E-state index in [4.69, 9.17) is 5.26 Å². The van der Waals surface area contributed by atoms with Crippen LogP contribution in [0.5, 0.6) is 0 Å². The van der Waals surface area contributed by atoms with Crippen molar-refractivity contribution in [3.63, 3.8) is 0 Å². The van der Waals surface area contributed by atoms with Crippen molar-refractivity contribution in [3.8, 4) is 6.07 Å². The van der Waals surface area contributed by atoms with Crippen LogP contribution in [0.1, 0.15) is 17.1 Å². The highest BCUT2D eigenvalue weighted by Crippen LogP contribution is 2.17. The lowest BCUT2D eigenvalue weighted by Crippen LogP contribution is -1.92. The molecule has 19 heavy (non-hydrogen) atoms. The Bertz CT molecular complexity index is 773. The molecule has 3 aromatic rings. The van der Waals surface area contributed by atoms with Crippen LogP contribution >= 0.6 is 0 Å². The molecule has 0 amide bonds. The first-order valence-electron chi connectivity index (χ1n) is 5.58. The highest BCUT2D eigenvalue weighted by molar-refractivity contribution is 5.56. The summed E-state index contributed by atoms with van der Waals surface area (Å²) >= 11 is 0. The van der Waals surface area contributed by atoms with Gasteiger partial charge >= 0.3 is 0 Å². The summed E-state index contributed by atoms with van der Waals surface area (Å²) in [5.74, 6) is -0.239. The van der Waals surface area contributed by atoms with Gasteiger partial charge in [-0.3, -0.25) is 4.40 Å². The van der Waals surface area contributed by atoms with Crippen molar-refractivity contribution < 1.29 is 4.39 Å². The molecule has 6 heteroatoms. The van der Waals surface area contributed by atoms with Gasteiger partial charge in [0.25, 0.3) is 0 Å². The van der Waals surface area contributed by atoms with Gasteiger partial charge in [0.15, 0.2) is 0 Å². The van der Waals surface area contributed by atoms with Crippen molar-refractivity contribution in [2.75, 3.05) is 0 Å². The van der Waals surface area contributed by atoms with Crippen molar-refractivity contribution in [1.29, 1.82) is 5.26 Å². The van der Waals surface area contributed by atoms with Gasteiger partial charge in [0, 0.05) is 25.0 Å². The number of nitriles is 1. The summed E-state index contributed by atoms with van der Waals surface area (Å²) in [7, 11) is 0. The Labute approximate surface area is 108 Å². The fraction of sp³-hybridized carbons (Fsp3) is 0.0769. The van der Waals surface area contributed by atoms with Gasteiger partial charge in [0.2, 0.25) is 5.82 Å². The van der Waals surface area contributed by atoms with Gasteiger partial charge in [-0.05, 0) is 17.7 Å². The Morgan fingerprint density at radius 1 is 1.26 bits per heavy atom. The molecule has 0 saturated carbocycles. The zero-order valence-corrected chi connectivity index (χ0v) is 9.79. The van der Waals surface area contributed by atoms with Crippen LogP contribution in [0.3, 0.4) is 0 Å². The van der Waals surface area contributed by atoms with E-state index in [-0.39, 0.29) is 5.82 Å². The largest absolute Gasteiger partial charge is 0.288 e. The number of aromatic nitrogens is 4. The molecule has 0 atom stereocenters. The summed E-state index contributed by atoms with van der Waals surface area (Å²) in [6, 6.07) is 4.92. The van der Waals surface area contributed by atoms with Crippen LogP contribution in [0, 0.1) is 17.1 Å². The Hall–Kier alpha value is -2.81. The maximum atomic E-state index is 13.2. The van der Waals surface area contributed by atoms with Crippen LogP contribution in [0.4, 0.5) is 4.39 Å². The third-order valence-corrected chi connectivity index (χ3v) is 2.76. The van der Waals surface area contributed by atoms with Crippen LogP contribution in [0.15, 0.2) is 37.1 Å². The second-order valence-electron chi connectivity index (χ2n) is 4.02. The van der Waals surface area contributed by atoms with Crippen LogP contribution < -0.4 is 0 Å². The van der Waals surface area contributed by atoms with Gasteiger partial charge in [-0.1, -0.05) is 0 Å². The van der Waals surface area contributed by atoms with E-state index in [0.717, 1.165) is 5.56 Å². The molecule has 0 radical (unpaired) electrons. The number of imidazole rings is 1. The Kier molecular flexibility index (Phi) is 2.65. The van der Waals surface area contributed by atoms with Gasteiger partial charge in [0.05, 0.1) is 11.2 Å². The molecule has 0 saturated heterocycles. The van der Waals surface area contributed by atoms with Gasteiger partial charge in [-0.25, -0.2) is 19.3 Å². The summed E-state index contributed by atoms with van der Waals surface area (Å²) in [6.07, 6.45) is 6.58. The molecular weight excluding hydrogens is 245 g/mol. The third kappa shape index (κ3) is 2.02. The number of halogens is 1. The second kappa shape index (κ2) is 4.46. The highest BCUT2D eigenvalue weighted by Gasteiger charge is 2.11. The maximum Gasteiger partial charge on any atom is 0.217 e. The minimum Gasteiger partial charge on any atom is -0.288 e. The quantitative estimate of drug-likeness (QED) is 0.697. The summed E-state index contributed by atoms with van der Waals surface area (Å²) in [4.78, 5) is 12.1. The van der Waals surface area contributed by atoms with Gasteiger partial charge < -0.3 is 0 Å². The Morgan fingerprint density at radius 2 is 2.05 bits per heavy atom. The van der Waals surface area contributed by atoms with Crippen molar-refractivity contribution >= 4 is 5.52 Å². The number of pyridine rings is 1. The van der Waals surface area contributed by atoms with Crippen molar-refractivity contribution in [2.45, 2.75) is 6.42 Å². The lowest BCUT2D eigenvalue weighted by molar-refractivity contribution is 0.619. The molecule has 3 rings (SSSR count). The first-order chi connectivity index (χ1) is 9.28. The SMILES string of the molecule is N#Cc1nc(Cc2cncnc2)c2ccc(F)cn12. The number of rotatable bonds is 2. The molecule has 0 N–H and O–H groups in total. The molecule has 0 aliphatic heterocycles. The smallest absolute Gasteiger partial charge is 0.217 e. The van der Waals surface area contributed by atoms with Gasteiger partial charge in [0.1, 0.15) is 18.2 Å². The monoisotopic (exact) mass is 253 g/mol. The Morgan fingerprint density at radius 3 is 2.79 bits per heavy atom. The fourth-order valence-corrected chi connectivity index (χ4v) is 1.95. The molecule has 5 nitrogen and oxygen atoms in total. The van der Waals surface area contributed by atoms with Gasteiger partial charge in [-0.2, -0.15) is 5.26 Å². The van der Waals surface area contributed by atoms with Gasteiger partial charge in [-0.15, -0.1) is 0 Å². The van der Waals surface area contributed by atoms with E-state index in [1.54, 1.807) is 18.5 Å². The molecule has 0 aliphatic rings. The normalized spacial score (nSPS) is 10.5. The zero-order chi connectivity index (χ0) is 13.2. The average Bonchev–Trinajstić information content (AvgIpc) is 2.77. The van der Waals surface area contributed by atoms with E-state index >= 15 is 0 Å². The van der Waals surface area contributed by atoms with Crippen molar-refractivity contribution in [3.05, 3.63) is 59.9 Å². The van der Waals surface area contributed by atoms with E-state index in [1.165, 1.54) is 23.0 Å². The first-order valence-corrected chi connectivity index (χ1v) is 5.58. The summed E-state index contributed by atoms with van der Waals surface area (Å²) in [5.41, 5.74) is 2.30. The van der Waals surface area contributed by atoms with E-state index in [0.29, 0.717) is 17.6 Å². The molecule has 0 spiro atoms. The second-order valence-corrected chi connectivity index (χ2v) is 4.02. The highest BCUT2D eigenvalue weighted by atomic mass is 19.1. The van der Waals surface area contributed by atoms with E-state index < -0.39 is 5.82 Å². The predicted octanol–water partition coefficient (Wildman–Crippen LogP) is 1.73. The van der Waals surface area contributed by atoms with Crippen molar-refractivity contribution in [2.24, 2.45) is 0 Å². The number of hydrogen-bond acceptors (Lipinski definition) is 4. The van der Waals surface area contributed by atoms with Crippen LogP contribution in [-0.4, -0.2) is 19.4 Å². The van der Waals surface area contributed by atoms with Crippen molar-refractivity contribution in [1.82, 2.24) is 19.4 Å². The molecular formula is C13H8FN5. The third-order valence-electron chi connectivity index (χ3n) is 2.76. The zero-order valence-electron chi connectivity index (χ0n) is 9.79. The number of nitrogens with zero attached hydrogens (tertiary/aromatic N) is 5. The maximum absolute atomic E-state index is 13.2. The fourth-order valence-electron chi connectivity index (χ4n) is 1.95. The molecule has 0 unspecified atom stereocenters. The minimum absolute atomic E-state index is 0.168. The number of fused-ring (bicyclic) bond motifs is 1. The van der Waals surface area contributed by atoms with E-state index in [2.05, 4.69) is 15.0 Å². The van der Waals surface area contributed by atoms with Crippen LogP contribution in [0.2, 0.25) is 0 Å². The molecule has 92 valence electrons. The lowest BCUT2D eigenvalue weighted by atomic mass is 10.2. The molecule has 0 bridgehead atoms. The predicted molar refractivity (Wildman–Crippen MR) is 64.7 cm³/mol. The number of hydrogen-bond donors (Lipinski definition) is 0. The van der Waals surface area contributed by atoms with E-state index in [1.807, 2.05) is 6.07 Å². The lowest BCUT2D eigenvalue weighted by Gasteiger charge is -1.98. The minimum atomic E-state index is -0.406. The molecule has 0 aliphatic carbocycles. The summed E-state index contributed by atoms with van der Waals surface area (Å²) in [5, 5.41) is 9.03. The molecule has 3 aromatic heterocycles. The molecule has 0 aromatic carbocycles. The Balaban J connectivity index is 2.12. The van der Waals surface area contributed by atoms with E-state index in [9.17, 15) is 4.39 Å². The summed E-state index contributed by atoms with van der Waals surface area (Å²) < 4.78 is 14.7. The average molecular weight is 253 g/mol. The standard InChI is InChI=1S/C13H8FN5/c14-10-1-2-12-11(3-9-5-16-8-17-6-9)18-13(4-15)19(12)7-10/h1-2,5-8H,3H2. The van der Waals surface area contributed by atoms with Crippen LogP contribution in [-0.2, 0) is 6.42 Å². The molecule has 0 fully saturated rings. The first kappa shape index (κ1) is 11.3. The topological polar surface area (TPSA) is 66.9 Å². The van der Waals surface area contributed by atoms with Crippen LogP contribution in [0.25, 0.3) is 5.52 Å².